The Morgan fingerprint density at radius 1 is 1.33 bits per heavy atom. The number of hydrogen-bond donors (Lipinski definition) is 0. The van der Waals surface area contributed by atoms with Crippen LogP contribution in [-0.2, 0) is 9.53 Å². The Morgan fingerprint density at radius 2 is 2.05 bits per heavy atom. The Balaban J connectivity index is 1.70. The van der Waals surface area contributed by atoms with E-state index in [1.807, 2.05) is 20.8 Å². The first-order chi connectivity index (χ1) is 9.70. The molecule has 0 saturated heterocycles. The number of hydrogen-bond acceptors (Lipinski definition) is 4. The van der Waals surface area contributed by atoms with Crippen molar-refractivity contribution in [1.29, 1.82) is 0 Å². The second kappa shape index (κ2) is 4.68. The van der Waals surface area contributed by atoms with Crippen LogP contribution in [0.4, 0.5) is 0 Å². The first kappa shape index (κ1) is 14.8. The molecule has 0 radical (unpaired) electrons. The molecule has 3 rings (SSSR count). The van der Waals surface area contributed by atoms with Gasteiger partial charge in [0.1, 0.15) is 5.60 Å². The van der Waals surface area contributed by atoms with E-state index in [4.69, 9.17) is 4.74 Å². The number of nitro groups is 1. The Kier molecular flexibility index (Phi) is 3.30. The summed E-state index contributed by atoms with van der Waals surface area (Å²) in [5.41, 5.74) is -0.960. The summed E-state index contributed by atoms with van der Waals surface area (Å²) < 4.78 is 5.41. The monoisotopic (exact) mass is 295 g/mol. The normalized spacial score (nSPS) is 40.5. The summed E-state index contributed by atoms with van der Waals surface area (Å²) in [6.45, 7) is 5.44. The number of ether oxygens (including phenoxy) is 1. The second-order valence-corrected chi connectivity index (χ2v) is 8.33. The standard InChI is InChI=1S/C16H25NO4/c1-15(2,3)21-14(18)8-16(9-17(19)20)7-12-11-5-4-10(11)6-13(12)16/h10-13H,4-9H2,1-3H3/t10-,11-,12+,13-,16-/m1/s1. The fourth-order valence-corrected chi connectivity index (χ4v) is 5.07. The lowest BCUT2D eigenvalue weighted by molar-refractivity contribution is -0.507. The molecule has 0 N–H and O–H groups in total. The van der Waals surface area contributed by atoms with Crippen molar-refractivity contribution in [3.05, 3.63) is 10.1 Å². The molecule has 0 bridgehead atoms. The average Bonchev–Trinajstić information content (AvgIpc) is 2.42. The molecule has 3 aliphatic rings. The van der Waals surface area contributed by atoms with Crippen LogP contribution in [-0.4, -0.2) is 23.0 Å². The molecule has 0 aromatic carbocycles. The zero-order valence-electron chi connectivity index (χ0n) is 13.1. The van der Waals surface area contributed by atoms with Gasteiger partial charge in [-0.1, -0.05) is 0 Å². The minimum absolute atomic E-state index is 0.0765. The molecule has 3 saturated carbocycles. The maximum absolute atomic E-state index is 12.2. The fraction of sp³-hybridized carbons (Fsp3) is 0.938. The predicted octanol–water partition coefficient (Wildman–Crippen LogP) is 3.05. The maximum Gasteiger partial charge on any atom is 0.307 e. The first-order valence-electron chi connectivity index (χ1n) is 8.04. The molecule has 5 nitrogen and oxygen atoms in total. The zero-order chi connectivity index (χ0) is 15.4. The van der Waals surface area contributed by atoms with Gasteiger partial charge >= 0.3 is 5.97 Å². The highest BCUT2D eigenvalue weighted by atomic mass is 16.6. The first-order valence-corrected chi connectivity index (χ1v) is 8.04. The third-order valence-corrected chi connectivity index (χ3v) is 5.89. The number of carbonyl (C=O) groups excluding carboxylic acids is 1. The molecule has 5 atom stereocenters. The number of nitrogens with zero attached hydrogens (tertiary/aromatic N) is 1. The van der Waals surface area contributed by atoms with Crippen molar-refractivity contribution < 1.29 is 14.5 Å². The van der Waals surface area contributed by atoms with Gasteiger partial charge in [0.2, 0.25) is 6.54 Å². The molecule has 0 unspecified atom stereocenters. The Hall–Kier alpha value is -1.13. The van der Waals surface area contributed by atoms with Crippen LogP contribution >= 0.6 is 0 Å². The predicted molar refractivity (Wildman–Crippen MR) is 77.2 cm³/mol. The molecule has 3 aliphatic carbocycles. The maximum atomic E-state index is 12.2. The summed E-state index contributed by atoms with van der Waals surface area (Å²) in [5, 5.41) is 11.1. The SMILES string of the molecule is CC(C)(C)OC(=O)C[C@@]1(C[N+](=O)[O-])C[C@H]2[C@@H]3CC[C@@H]3C[C@H]21. The molecule has 118 valence electrons. The number of rotatable bonds is 4. The Labute approximate surface area is 125 Å². The van der Waals surface area contributed by atoms with Crippen molar-refractivity contribution >= 4 is 5.97 Å². The second-order valence-electron chi connectivity index (χ2n) is 8.33. The van der Waals surface area contributed by atoms with Crippen LogP contribution in [0.1, 0.15) is 52.9 Å². The minimum Gasteiger partial charge on any atom is -0.460 e. The van der Waals surface area contributed by atoms with Crippen molar-refractivity contribution in [2.45, 2.75) is 58.5 Å². The van der Waals surface area contributed by atoms with Crippen molar-refractivity contribution in [1.82, 2.24) is 0 Å². The largest absolute Gasteiger partial charge is 0.460 e. The van der Waals surface area contributed by atoms with Gasteiger partial charge in [0.15, 0.2) is 0 Å². The smallest absolute Gasteiger partial charge is 0.307 e. The summed E-state index contributed by atoms with van der Waals surface area (Å²) in [4.78, 5) is 23.0. The Morgan fingerprint density at radius 3 is 2.52 bits per heavy atom. The van der Waals surface area contributed by atoms with Gasteiger partial charge in [0, 0.05) is 10.3 Å². The van der Waals surface area contributed by atoms with Gasteiger partial charge in [-0.15, -0.1) is 0 Å². The topological polar surface area (TPSA) is 69.4 Å². The molecule has 5 heteroatoms. The lowest BCUT2D eigenvalue weighted by Crippen LogP contribution is -2.53. The van der Waals surface area contributed by atoms with E-state index in [1.54, 1.807) is 0 Å². The molecule has 3 fully saturated rings. The molecule has 0 amide bonds. The van der Waals surface area contributed by atoms with Crippen LogP contribution in [0.25, 0.3) is 0 Å². The van der Waals surface area contributed by atoms with Gasteiger partial charge in [-0.25, -0.2) is 0 Å². The molecule has 21 heavy (non-hydrogen) atoms. The van der Waals surface area contributed by atoms with Gasteiger partial charge in [-0.05, 0) is 70.1 Å². The average molecular weight is 295 g/mol. The summed E-state index contributed by atoms with van der Waals surface area (Å²) in [7, 11) is 0. The number of fused-ring (bicyclic) bond motifs is 3. The van der Waals surface area contributed by atoms with E-state index in [0.717, 1.165) is 24.7 Å². The van der Waals surface area contributed by atoms with E-state index in [9.17, 15) is 14.9 Å². The van der Waals surface area contributed by atoms with Crippen LogP contribution in [0.15, 0.2) is 0 Å². The third-order valence-electron chi connectivity index (χ3n) is 5.89. The van der Waals surface area contributed by atoms with Gasteiger partial charge in [0.05, 0.1) is 6.42 Å². The summed E-state index contributed by atoms with van der Waals surface area (Å²) in [5.74, 6) is 2.28. The van der Waals surface area contributed by atoms with Crippen LogP contribution < -0.4 is 0 Å². The van der Waals surface area contributed by atoms with E-state index in [0.29, 0.717) is 11.8 Å². The van der Waals surface area contributed by atoms with Gasteiger partial charge in [-0.3, -0.25) is 14.9 Å². The highest BCUT2D eigenvalue weighted by Crippen LogP contribution is 2.69. The van der Waals surface area contributed by atoms with Crippen molar-refractivity contribution in [2.24, 2.45) is 29.1 Å². The summed E-state index contributed by atoms with van der Waals surface area (Å²) in [6.07, 6.45) is 4.71. The Bertz CT molecular complexity index is 469. The minimum atomic E-state index is -0.523. The van der Waals surface area contributed by atoms with E-state index >= 15 is 0 Å². The molecule has 0 aromatic rings. The van der Waals surface area contributed by atoms with Crippen molar-refractivity contribution in [2.75, 3.05) is 6.54 Å². The highest BCUT2D eigenvalue weighted by molar-refractivity contribution is 5.71. The van der Waals surface area contributed by atoms with E-state index in [2.05, 4.69) is 0 Å². The molecule has 0 aromatic heterocycles. The van der Waals surface area contributed by atoms with E-state index in [-0.39, 0.29) is 23.9 Å². The molecule has 0 spiro atoms. The van der Waals surface area contributed by atoms with Crippen LogP contribution in [0, 0.1) is 39.2 Å². The molecule has 0 heterocycles. The fourth-order valence-electron chi connectivity index (χ4n) is 5.07. The van der Waals surface area contributed by atoms with Crippen LogP contribution in [0.2, 0.25) is 0 Å². The molecular formula is C16H25NO4. The summed E-state index contributed by atoms with van der Waals surface area (Å²) >= 11 is 0. The van der Waals surface area contributed by atoms with E-state index < -0.39 is 11.0 Å². The summed E-state index contributed by atoms with van der Waals surface area (Å²) in [6, 6.07) is 0. The zero-order valence-corrected chi connectivity index (χ0v) is 13.1. The van der Waals surface area contributed by atoms with Crippen molar-refractivity contribution in [3.8, 4) is 0 Å². The highest BCUT2D eigenvalue weighted by Gasteiger charge is 2.66. The lowest BCUT2D eigenvalue weighted by atomic mass is 9.51. The van der Waals surface area contributed by atoms with Gasteiger partial charge < -0.3 is 4.74 Å². The van der Waals surface area contributed by atoms with Crippen molar-refractivity contribution in [3.63, 3.8) is 0 Å². The lowest BCUT2D eigenvalue weighted by Gasteiger charge is -2.51. The van der Waals surface area contributed by atoms with Gasteiger partial charge in [-0.2, -0.15) is 0 Å². The third kappa shape index (κ3) is 2.55. The van der Waals surface area contributed by atoms with E-state index in [1.165, 1.54) is 12.8 Å². The van der Waals surface area contributed by atoms with Crippen LogP contribution in [0.3, 0.4) is 0 Å². The van der Waals surface area contributed by atoms with Gasteiger partial charge in [0.25, 0.3) is 0 Å². The quantitative estimate of drug-likeness (QED) is 0.454. The number of esters is 1. The van der Waals surface area contributed by atoms with Crippen LogP contribution in [0.5, 0.6) is 0 Å². The molecular weight excluding hydrogens is 270 g/mol. The molecule has 0 aliphatic heterocycles. The number of carbonyl (C=O) groups is 1.